The first-order chi connectivity index (χ1) is 9.47. The molecule has 1 rings (SSSR count). The van der Waals surface area contributed by atoms with E-state index in [-0.39, 0.29) is 5.91 Å². The lowest BCUT2D eigenvalue weighted by Crippen LogP contribution is -2.38. The Bertz CT molecular complexity index is 404. The van der Waals surface area contributed by atoms with Gasteiger partial charge in [0, 0.05) is 18.8 Å². The number of carbonyl (C=O) groups excluding carboxylic acids is 1. The molecule has 0 aromatic heterocycles. The lowest BCUT2D eigenvalue weighted by molar-refractivity contribution is -0.122. The van der Waals surface area contributed by atoms with Crippen LogP contribution in [0.1, 0.15) is 13.8 Å². The van der Waals surface area contributed by atoms with E-state index in [0.29, 0.717) is 32.2 Å². The Morgan fingerprint density at radius 1 is 1.35 bits per heavy atom. The Balaban J connectivity index is 2.18. The number of hydrogen-bond acceptors (Lipinski definition) is 4. The van der Waals surface area contributed by atoms with Crippen molar-refractivity contribution in [2.45, 2.75) is 13.8 Å². The lowest BCUT2D eigenvalue weighted by atomic mass is 10.2. The van der Waals surface area contributed by atoms with Crippen LogP contribution in [-0.4, -0.2) is 44.1 Å². The summed E-state index contributed by atoms with van der Waals surface area (Å²) in [5, 5.41) is 2.89. The van der Waals surface area contributed by atoms with Gasteiger partial charge in [-0.05, 0) is 37.2 Å². The van der Waals surface area contributed by atoms with Crippen molar-refractivity contribution in [3.05, 3.63) is 24.3 Å². The summed E-state index contributed by atoms with van der Waals surface area (Å²) in [6, 6.07) is 7.28. The summed E-state index contributed by atoms with van der Waals surface area (Å²) in [6.07, 6.45) is 0. The van der Waals surface area contributed by atoms with Crippen LogP contribution >= 0.6 is 0 Å². The Labute approximate surface area is 121 Å². The van der Waals surface area contributed by atoms with E-state index in [1.54, 1.807) is 12.1 Å². The van der Waals surface area contributed by atoms with E-state index in [1.165, 1.54) is 0 Å². The second-order valence-corrected chi connectivity index (χ2v) is 5.35. The average molecular weight is 279 g/mol. The van der Waals surface area contributed by atoms with Crippen molar-refractivity contribution < 1.29 is 9.53 Å². The summed E-state index contributed by atoms with van der Waals surface area (Å²) in [7, 11) is 1.90. The largest absolute Gasteiger partial charge is 0.492 e. The fraction of sp³-hybridized carbons (Fsp3) is 0.533. The van der Waals surface area contributed by atoms with E-state index in [4.69, 9.17) is 10.5 Å². The number of hydrogen-bond donors (Lipinski definition) is 2. The van der Waals surface area contributed by atoms with Gasteiger partial charge in [0.15, 0.2) is 0 Å². The van der Waals surface area contributed by atoms with Crippen LogP contribution in [0.25, 0.3) is 0 Å². The molecule has 0 aliphatic heterocycles. The number of benzene rings is 1. The Morgan fingerprint density at radius 2 is 2.00 bits per heavy atom. The molecule has 0 spiro atoms. The normalized spacial score (nSPS) is 10.8. The zero-order valence-corrected chi connectivity index (χ0v) is 12.6. The minimum Gasteiger partial charge on any atom is -0.492 e. The highest BCUT2D eigenvalue weighted by atomic mass is 16.5. The van der Waals surface area contributed by atoms with Crippen LogP contribution in [0.3, 0.4) is 0 Å². The highest BCUT2D eigenvalue weighted by Crippen LogP contribution is 2.12. The van der Waals surface area contributed by atoms with Crippen LogP contribution < -0.4 is 15.8 Å². The number of nitrogens with one attached hydrogen (secondary N) is 1. The number of anilines is 1. The van der Waals surface area contributed by atoms with Crippen LogP contribution in [0.4, 0.5) is 5.69 Å². The van der Waals surface area contributed by atoms with Gasteiger partial charge in [0.2, 0.25) is 5.91 Å². The molecule has 0 aliphatic carbocycles. The molecule has 0 saturated heterocycles. The highest BCUT2D eigenvalue weighted by Gasteiger charge is 2.06. The van der Waals surface area contributed by atoms with Gasteiger partial charge in [-0.2, -0.15) is 0 Å². The van der Waals surface area contributed by atoms with Gasteiger partial charge in [0.1, 0.15) is 12.4 Å². The van der Waals surface area contributed by atoms with Crippen molar-refractivity contribution in [1.29, 1.82) is 0 Å². The van der Waals surface area contributed by atoms with Crippen molar-refractivity contribution >= 4 is 11.6 Å². The fourth-order valence-corrected chi connectivity index (χ4v) is 1.58. The summed E-state index contributed by atoms with van der Waals surface area (Å²) >= 11 is 0. The van der Waals surface area contributed by atoms with Gasteiger partial charge in [0.05, 0.1) is 6.54 Å². The van der Waals surface area contributed by atoms with Crippen LogP contribution in [0.2, 0.25) is 0 Å². The van der Waals surface area contributed by atoms with E-state index in [1.807, 2.05) is 24.1 Å². The monoisotopic (exact) mass is 279 g/mol. The first-order valence-corrected chi connectivity index (χ1v) is 6.91. The molecule has 0 aliphatic rings. The number of nitrogens with two attached hydrogens (primary N) is 1. The third kappa shape index (κ3) is 6.99. The number of nitrogens with zero attached hydrogens (tertiary/aromatic N) is 1. The summed E-state index contributed by atoms with van der Waals surface area (Å²) < 4.78 is 5.58. The van der Waals surface area contributed by atoms with Crippen molar-refractivity contribution in [3.8, 4) is 5.75 Å². The van der Waals surface area contributed by atoms with E-state index in [0.717, 1.165) is 11.4 Å². The molecule has 20 heavy (non-hydrogen) atoms. The molecule has 0 fully saturated rings. The molecule has 3 N–H and O–H groups in total. The standard InChI is InChI=1S/C15H25N3O2/c1-12(2)10-17-15(19)11-18(3)8-9-20-14-6-4-13(16)5-7-14/h4-7,12H,8-11,16H2,1-3H3,(H,17,19). The number of carbonyl (C=O) groups is 1. The first-order valence-electron chi connectivity index (χ1n) is 6.91. The van der Waals surface area contributed by atoms with E-state index < -0.39 is 0 Å². The molecule has 5 nitrogen and oxygen atoms in total. The fourth-order valence-electron chi connectivity index (χ4n) is 1.58. The second kappa shape index (κ2) is 8.43. The zero-order valence-electron chi connectivity index (χ0n) is 12.6. The van der Waals surface area contributed by atoms with Gasteiger partial charge in [0.25, 0.3) is 0 Å². The Morgan fingerprint density at radius 3 is 2.60 bits per heavy atom. The first kappa shape index (κ1) is 16.3. The van der Waals surface area contributed by atoms with Gasteiger partial charge < -0.3 is 15.8 Å². The molecule has 112 valence electrons. The number of amides is 1. The molecular formula is C15H25N3O2. The van der Waals surface area contributed by atoms with Gasteiger partial charge in [-0.1, -0.05) is 13.8 Å². The molecule has 1 aromatic carbocycles. The lowest BCUT2D eigenvalue weighted by Gasteiger charge is -2.17. The van der Waals surface area contributed by atoms with Gasteiger partial charge in [-0.15, -0.1) is 0 Å². The average Bonchev–Trinajstić information content (AvgIpc) is 2.38. The molecule has 5 heteroatoms. The summed E-state index contributed by atoms with van der Waals surface area (Å²) in [5.41, 5.74) is 6.32. The maximum atomic E-state index is 11.6. The van der Waals surface area contributed by atoms with E-state index in [9.17, 15) is 4.79 Å². The highest BCUT2D eigenvalue weighted by molar-refractivity contribution is 5.77. The van der Waals surface area contributed by atoms with Gasteiger partial charge >= 0.3 is 0 Å². The summed E-state index contributed by atoms with van der Waals surface area (Å²) in [4.78, 5) is 13.6. The SMILES string of the molecule is CC(C)CNC(=O)CN(C)CCOc1ccc(N)cc1. The number of rotatable bonds is 8. The molecular weight excluding hydrogens is 254 g/mol. The predicted molar refractivity (Wildman–Crippen MR) is 81.7 cm³/mol. The van der Waals surface area contributed by atoms with Crippen LogP contribution in [0.5, 0.6) is 5.75 Å². The van der Waals surface area contributed by atoms with Crippen LogP contribution in [0.15, 0.2) is 24.3 Å². The molecule has 0 heterocycles. The maximum Gasteiger partial charge on any atom is 0.234 e. The molecule has 0 saturated carbocycles. The number of ether oxygens (including phenoxy) is 1. The van der Waals surface area contributed by atoms with Crippen molar-refractivity contribution in [3.63, 3.8) is 0 Å². The quantitative estimate of drug-likeness (QED) is 0.705. The van der Waals surface area contributed by atoms with Gasteiger partial charge in [-0.3, -0.25) is 9.69 Å². The minimum absolute atomic E-state index is 0.0497. The molecule has 0 atom stereocenters. The van der Waals surface area contributed by atoms with E-state index >= 15 is 0 Å². The minimum atomic E-state index is 0.0497. The smallest absolute Gasteiger partial charge is 0.234 e. The van der Waals surface area contributed by atoms with Crippen LogP contribution in [0, 0.1) is 5.92 Å². The summed E-state index contributed by atoms with van der Waals surface area (Å²) in [6.45, 7) is 6.48. The molecule has 1 amide bonds. The summed E-state index contributed by atoms with van der Waals surface area (Å²) in [5.74, 6) is 1.31. The predicted octanol–water partition coefficient (Wildman–Crippen LogP) is 1.35. The molecule has 1 aromatic rings. The molecule has 0 bridgehead atoms. The number of likely N-dealkylation sites (N-methyl/N-ethyl adjacent to an activating group) is 1. The van der Waals surface area contributed by atoms with Crippen molar-refractivity contribution in [2.75, 3.05) is 39.0 Å². The zero-order chi connectivity index (χ0) is 15.0. The third-order valence-electron chi connectivity index (χ3n) is 2.74. The molecule has 0 radical (unpaired) electrons. The Kier molecular flexibility index (Phi) is 6.87. The van der Waals surface area contributed by atoms with Crippen molar-refractivity contribution in [2.24, 2.45) is 5.92 Å². The van der Waals surface area contributed by atoms with Crippen molar-refractivity contribution in [1.82, 2.24) is 10.2 Å². The van der Waals surface area contributed by atoms with Gasteiger partial charge in [-0.25, -0.2) is 0 Å². The molecule has 0 unspecified atom stereocenters. The second-order valence-electron chi connectivity index (χ2n) is 5.35. The van der Waals surface area contributed by atoms with Crippen LogP contribution in [-0.2, 0) is 4.79 Å². The number of nitrogen functional groups attached to an aromatic ring is 1. The Hall–Kier alpha value is -1.75. The van der Waals surface area contributed by atoms with E-state index in [2.05, 4.69) is 19.2 Å². The maximum absolute atomic E-state index is 11.6. The topological polar surface area (TPSA) is 67.6 Å². The third-order valence-corrected chi connectivity index (χ3v) is 2.74.